The first-order valence-corrected chi connectivity index (χ1v) is 7.00. The first-order chi connectivity index (χ1) is 9.40. The molecule has 1 saturated carbocycles. The van der Waals surface area contributed by atoms with Gasteiger partial charge in [-0.05, 0) is 49.8 Å². The molecule has 1 fully saturated rings. The summed E-state index contributed by atoms with van der Waals surface area (Å²) in [7, 11) is 0. The van der Waals surface area contributed by atoms with Crippen LogP contribution in [0.1, 0.15) is 30.9 Å². The molecule has 0 aromatic heterocycles. The van der Waals surface area contributed by atoms with Crippen LogP contribution >= 0.6 is 0 Å². The molecule has 4 nitrogen and oxygen atoms in total. The van der Waals surface area contributed by atoms with Crippen molar-refractivity contribution in [3.63, 3.8) is 0 Å². The summed E-state index contributed by atoms with van der Waals surface area (Å²) in [6.45, 7) is 5.95. The first kappa shape index (κ1) is 14.6. The van der Waals surface area contributed by atoms with Crippen LogP contribution in [0.3, 0.4) is 0 Å². The van der Waals surface area contributed by atoms with Gasteiger partial charge in [0.1, 0.15) is 0 Å². The van der Waals surface area contributed by atoms with Gasteiger partial charge < -0.3 is 10.4 Å². The van der Waals surface area contributed by atoms with E-state index in [0.717, 1.165) is 16.8 Å². The van der Waals surface area contributed by atoms with E-state index in [1.165, 1.54) is 0 Å². The Morgan fingerprint density at radius 2 is 1.85 bits per heavy atom. The number of aliphatic carboxylic acids is 1. The van der Waals surface area contributed by atoms with E-state index >= 15 is 0 Å². The SMILES string of the molecule is Cc1cccc(NC(=O)[C@H]2CC(C)C[C@H]2C(=O)O)c1C. The molecule has 1 aromatic rings. The second-order valence-electron chi connectivity index (χ2n) is 5.86. The Labute approximate surface area is 119 Å². The molecule has 2 rings (SSSR count). The maximum atomic E-state index is 12.4. The number of hydrogen-bond acceptors (Lipinski definition) is 2. The van der Waals surface area contributed by atoms with Crippen molar-refractivity contribution in [3.8, 4) is 0 Å². The Hall–Kier alpha value is -1.84. The number of aryl methyl sites for hydroxylation is 1. The fourth-order valence-electron chi connectivity index (χ4n) is 2.97. The van der Waals surface area contributed by atoms with Crippen molar-refractivity contribution in [2.45, 2.75) is 33.6 Å². The lowest BCUT2D eigenvalue weighted by molar-refractivity contribution is -0.145. The highest BCUT2D eigenvalue weighted by molar-refractivity contribution is 5.96. The van der Waals surface area contributed by atoms with E-state index in [1.807, 2.05) is 39.0 Å². The van der Waals surface area contributed by atoms with Crippen LogP contribution in [-0.2, 0) is 9.59 Å². The van der Waals surface area contributed by atoms with E-state index in [-0.39, 0.29) is 11.8 Å². The minimum absolute atomic E-state index is 0.171. The molecule has 20 heavy (non-hydrogen) atoms. The van der Waals surface area contributed by atoms with Crippen molar-refractivity contribution in [2.24, 2.45) is 17.8 Å². The van der Waals surface area contributed by atoms with Crippen molar-refractivity contribution < 1.29 is 14.7 Å². The van der Waals surface area contributed by atoms with Gasteiger partial charge in [-0.15, -0.1) is 0 Å². The molecule has 0 aliphatic heterocycles. The highest BCUT2D eigenvalue weighted by atomic mass is 16.4. The third-order valence-corrected chi connectivity index (χ3v) is 4.31. The van der Waals surface area contributed by atoms with E-state index in [9.17, 15) is 14.7 Å². The van der Waals surface area contributed by atoms with Gasteiger partial charge in [0.05, 0.1) is 11.8 Å². The quantitative estimate of drug-likeness (QED) is 0.891. The van der Waals surface area contributed by atoms with Gasteiger partial charge in [0.25, 0.3) is 0 Å². The summed E-state index contributed by atoms with van der Waals surface area (Å²) in [5.74, 6) is -1.74. The minimum Gasteiger partial charge on any atom is -0.481 e. The summed E-state index contributed by atoms with van der Waals surface area (Å²) >= 11 is 0. The normalized spacial score (nSPS) is 25.4. The number of benzene rings is 1. The van der Waals surface area contributed by atoms with E-state index < -0.39 is 17.8 Å². The van der Waals surface area contributed by atoms with Crippen molar-refractivity contribution in [3.05, 3.63) is 29.3 Å². The number of rotatable bonds is 3. The number of anilines is 1. The molecular formula is C16H21NO3. The number of amides is 1. The molecule has 3 atom stereocenters. The summed E-state index contributed by atoms with van der Waals surface area (Å²) in [6.07, 6.45) is 1.23. The molecular weight excluding hydrogens is 254 g/mol. The Morgan fingerprint density at radius 1 is 1.20 bits per heavy atom. The molecule has 0 radical (unpaired) electrons. The van der Waals surface area contributed by atoms with Gasteiger partial charge in [-0.3, -0.25) is 9.59 Å². The van der Waals surface area contributed by atoms with Gasteiger partial charge in [-0.2, -0.15) is 0 Å². The minimum atomic E-state index is -0.865. The molecule has 1 aliphatic rings. The molecule has 1 aliphatic carbocycles. The van der Waals surface area contributed by atoms with Gasteiger partial charge in [-0.25, -0.2) is 0 Å². The van der Waals surface area contributed by atoms with Crippen LogP contribution in [-0.4, -0.2) is 17.0 Å². The number of carbonyl (C=O) groups is 2. The van der Waals surface area contributed by atoms with Crippen molar-refractivity contribution in [1.82, 2.24) is 0 Å². The molecule has 4 heteroatoms. The maximum Gasteiger partial charge on any atom is 0.307 e. The number of carboxylic acids is 1. The summed E-state index contributed by atoms with van der Waals surface area (Å²) in [6, 6.07) is 5.74. The van der Waals surface area contributed by atoms with E-state index in [0.29, 0.717) is 12.8 Å². The molecule has 0 spiro atoms. The smallest absolute Gasteiger partial charge is 0.307 e. The topological polar surface area (TPSA) is 66.4 Å². The summed E-state index contributed by atoms with van der Waals surface area (Å²) in [5, 5.41) is 12.1. The zero-order valence-corrected chi connectivity index (χ0v) is 12.1. The summed E-state index contributed by atoms with van der Waals surface area (Å²) in [5.41, 5.74) is 2.91. The van der Waals surface area contributed by atoms with E-state index in [1.54, 1.807) is 0 Å². The van der Waals surface area contributed by atoms with Crippen molar-refractivity contribution >= 4 is 17.6 Å². The van der Waals surface area contributed by atoms with Crippen LogP contribution in [0.25, 0.3) is 0 Å². The predicted molar refractivity (Wildman–Crippen MR) is 77.6 cm³/mol. The standard InChI is InChI=1S/C16H21NO3/c1-9-7-12(13(8-9)16(19)20)15(18)17-14-6-4-5-10(2)11(14)3/h4-6,9,12-13H,7-8H2,1-3H3,(H,17,18)(H,19,20)/t9?,12-,13+/m0/s1. The molecule has 0 bridgehead atoms. The average molecular weight is 275 g/mol. The fraction of sp³-hybridized carbons (Fsp3) is 0.500. The van der Waals surface area contributed by atoms with Gasteiger partial charge >= 0.3 is 5.97 Å². The van der Waals surface area contributed by atoms with E-state index in [4.69, 9.17) is 0 Å². The fourth-order valence-corrected chi connectivity index (χ4v) is 2.97. The molecule has 1 unspecified atom stereocenters. The molecule has 1 aromatic carbocycles. The number of hydrogen-bond donors (Lipinski definition) is 2. The van der Waals surface area contributed by atoms with Crippen LogP contribution in [0.2, 0.25) is 0 Å². The van der Waals surface area contributed by atoms with E-state index in [2.05, 4.69) is 5.32 Å². The lowest BCUT2D eigenvalue weighted by Gasteiger charge is -2.17. The Kier molecular flexibility index (Phi) is 4.12. The van der Waals surface area contributed by atoms with Crippen molar-refractivity contribution in [1.29, 1.82) is 0 Å². The Bertz CT molecular complexity index is 539. The van der Waals surface area contributed by atoms with Crippen LogP contribution in [0.4, 0.5) is 5.69 Å². The maximum absolute atomic E-state index is 12.4. The molecule has 0 heterocycles. The number of carboxylic acid groups (broad SMARTS) is 1. The monoisotopic (exact) mass is 275 g/mol. The van der Waals surface area contributed by atoms with Gasteiger partial charge in [0.15, 0.2) is 0 Å². The largest absolute Gasteiger partial charge is 0.481 e. The molecule has 108 valence electrons. The third kappa shape index (κ3) is 2.84. The lowest BCUT2D eigenvalue weighted by Crippen LogP contribution is -2.30. The average Bonchev–Trinajstić information content (AvgIpc) is 2.77. The van der Waals surface area contributed by atoms with Gasteiger partial charge in [-0.1, -0.05) is 19.1 Å². The second kappa shape index (κ2) is 5.65. The molecule has 2 N–H and O–H groups in total. The second-order valence-corrected chi connectivity index (χ2v) is 5.86. The Morgan fingerprint density at radius 3 is 2.50 bits per heavy atom. The number of nitrogens with one attached hydrogen (secondary N) is 1. The van der Waals surface area contributed by atoms with Gasteiger partial charge in [0.2, 0.25) is 5.91 Å². The van der Waals surface area contributed by atoms with Crippen LogP contribution in [0.15, 0.2) is 18.2 Å². The summed E-state index contributed by atoms with van der Waals surface area (Å²) in [4.78, 5) is 23.6. The van der Waals surface area contributed by atoms with Crippen LogP contribution < -0.4 is 5.32 Å². The highest BCUT2D eigenvalue weighted by Gasteiger charge is 2.41. The van der Waals surface area contributed by atoms with Crippen LogP contribution in [0, 0.1) is 31.6 Å². The van der Waals surface area contributed by atoms with Crippen LogP contribution in [0.5, 0.6) is 0 Å². The lowest BCUT2D eigenvalue weighted by atomic mass is 9.95. The zero-order valence-electron chi connectivity index (χ0n) is 12.1. The van der Waals surface area contributed by atoms with Gasteiger partial charge in [0, 0.05) is 5.69 Å². The summed E-state index contributed by atoms with van der Waals surface area (Å²) < 4.78 is 0. The molecule has 0 saturated heterocycles. The third-order valence-electron chi connectivity index (χ3n) is 4.31. The first-order valence-electron chi connectivity index (χ1n) is 7.00. The Balaban J connectivity index is 2.15. The predicted octanol–water partition coefficient (Wildman–Crippen LogP) is 2.99. The highest BCUT2D eigenvalue weighted by Crippen LogP contribution is 2.37. The van der Waals surface area contributed by atoms with Crippen molar-refractivity contribution in [2.75, 3.05) is 5.32 Å². The molecule has 1 amide bonds. The zero-order chi connectivity index (χ0) is 14.9. The number of carbonyl (C=O) groups excluding carboxylic acids is 1.